The van der Waals surface area contributed by atoms with Gasteiger partial charge < -0.3 is 20.4 Å². The molecule has 7 heteroatoms. The van der Waals surface area contributed by atoms with Gasteiger partial charge in [0.05, 0.1) is 0 Å². The van der Waals surface area contributed by atoms with Crippen LogP contribution in [0, 0.1) is 0 Å². The van der Waals surface area contributed by atoms with E-state index in [4.69, 9.17) is 0 Å². The molecule has 0 spiro atoms. The van der Waals surface area contributed by atoms with Gasteiger partial charge in [0.15, 0.2) is 5.78 Å². The first-order valence-electron chi connectivity index (χ1n) is 13.4. The molecule has 0 saturated carbocycles. The van der Waals surface area contributed by atoms with E-state index in [0.29, 0.717) is 35.3 Å². The van der Waals surface area contributed by atoms with Gasteiger partial charge in [-0.1, -0.05) is 37.1 Å². The van der Waals surface area contributed by atoms with Crippen LogP contribution in [0.1, 0.15) is 75.2 Å². The molecule has 2 amide bonds. The summed E-state index contributed by atoms with van der Waals surface area (Å²) in [4.78, 5) is 42.6. The fraction of sp³-hybridized carbons (Fsp3) is 0.483. The SMILES string of the molecule is O=C(NCCN1CCCCC1)c1ccc(C(=O)c2ccc(C(=O)NCCN3CCCCC3)cc2)cc1. The third kappa shape index (κ3) is 7.48. The monoisotopic (exact) mass is 490 g/mol. The zero-order valence-electron chi connectivity index (χ0n) is 21.1. The fourth-order valence-corrected chi connectivity index (χ4v) is 4.94. The number of likely N-dealkylation sites (tertiary alicyclic amines) is 2. The summed E-state index contributed by atoms with van der Waals surface area (Å²) in [7, 11) is 0. The Bertz CT molecular complexity index is 926. The minimum absolute atomic E-state index is 0.123. The lowest BCUT2D eigenvalue weighted by atomic mass is 10.0. The van der Waals surface area contributed by atoms with Crippen LogP contribution in [-0.2, 0) is 0 Å². The van der Waals surface area contributed by atoms with E-state index in [1.807, 2.05) is 0 Å². The number of ketones is 1. The number of benzene rings is 2. The number of carbonyl (C=O) groups excluding carboxylic acids is 3. The summed E-state index contributed by atoms with van der Waals surface area (Å²) in [5.74, 6) is -0.382. The van der Waals surface area contributed by atoms with E-state index in [-0.39, 0.29) is 17.6 Å². The highest BCUT2D eigenvalue weighted by Gasteiger charge is 2.14. The first kappa shape index (κ1) is 26.0. The summed E-state index contributed by atoms with van der Waals surface area (Å²) in [6, 6.07) is 13.5. The molecule has 0 aliphatic carbocycles. The molecule has 36 heavy (non-hydrogen) atoms. The van der Waals surface area contributed by atoms with Crippen molar-refractivity contribution in [3.63, 3.8) is 0 Å². The van der Waals surface area contributed by atoms with E-state index in [1.165, 1.54) is 38.5 Å². The van der Waals surface area contributed by atoms with Crippen LogP contribution in [0.2, 0.25) is 0 Å². The third-order valence-electron chi connectivity index (χ3n) is 7.14. The summed E-state index contributed by atoms with van der Waals surface area (Å²) in [6.07, 6.45) is 7.53. The van der Waals surface area contributed by atoms with Crippen molar-refractivity contribution in [2.24, 2.45) is 0 Å². The van der Waals surface area contributed by atoms with Crippen LogP contribution in [-0.4, -0.2) is 79.8 Å². The van der Waals surface area contributed by atoms with E-state index < -0.39 is 0 Å². The topological polar surface area (TPSA) is 81.8 Å². The third-order valence-corrected chi connectivity index (χ3v) is 7.14. The van der Waals surface area contributed by atoms with Crippen LogP contribution in [0.5, 0.6) is 0 Å². The van der Waals surface area contributed by atoms with Crippen LogP contribution < -0.4 is 10.6 Å². The van der Waals surface area contributed by atoms with Crippen molar-refractivity contribution in [1.29, 1.82) is 0 Å². The molecule has 2 fully saturated rings. The van der Waals surface area contributed by atoms with Gasteiger partial charge in [-0.25, -0.2) is 0 Å². The smallest absolute Gasteiger partial charge is 0.251 e. The lowest BCUT2D eigenvalue weighted by molar-refractivity contribution is 0.0938. The molecule has 192 valence electrons. The number of hydrogen-bond donors (Lipinski definition) is 2. The number of piperidine rings is 2. The van der Waals surface area contributed by atoms with Gasteiger partial charge in [-0.05, 0) is 76.1 Å². The molecule has 0 radical (unpaired) electrons. The molecule has 0 bridgehead atoms. The summed E-state index contributed by atoms with van der Waals surface area (Å²) in [5.41, 5.74) is 2.11. The van der Waals surface area contributed by atoms with Crippen molar-refractivity contribution in [1.82, 2.24) is 20.4 Å². The molecule has 7 nitrogen and oxygen atoms in total. The molecule has 2 aliphatic rings. The van der Waals surface area contributed by atoms with Crippen LogP contribution in [0.4, 0.5) is 0 Å². The molecule has 0 unspecified atom stereocenters. The number of hydrogen-bond acceptors (Lipinski definition) is 5. The zero-order valence-corrected chi connectivity index (χ0v) is 21.1. The Morgan fingerprint density at radius 1 is 0.528 bits per heavy atom. The van der Waals surface area contributed by atoms with Gasteiger partial charge >= 0.3 is 0 Å². The van der Waals surface area contributed by atoms with Gasteiger partial charge in [-0.15, -0.1) is 0 Å². The van der Waals surface area contributed by atoms with Crippen molar-refractivity contribution in [3.05, 3.63) is 70.8 Å². The maximum Gasteiger partial charge on any atom is 0.251 e. The van der Waals surface area contributed by atoms with Gasteiger partial charge in [-0.3, -0.25) is 14.4 Å². The van der Waals surface area contributed by atoms with Gasteiger partial charge in [0.2, 0.25) is 0 Å². The Morgan fingerprint density at radius 3 is 1.22 bits per heavy atom. The van der Waals surface area contributed by atoms with Crippen molar-refractivity contribution in [2.75, 3.05) is 52.4 Å². The maximum atomic E-state index is 12.9. The highest BCUT2D eigenvalue weighted by molar-refractivity contribution is 6.10. The molecule has 0 atom stereocenters. The predicted molar refractivity (Wildman–Crippen MR) is 142 cm³/mol. The van der Waals surface area contributed by atoms with E-state index in [0.717, 1.165) is 39.3 Å². The molecule has 2 aromatic carbocycles. The Morgan fingerprint density at radius 2 is 0.861 bits per heavy atom. The number of carbonyl (C=O) groups is 3. The second-order valence-electron chi connectivity index (χ2n) is 9.80. The Labute approximate surface area is 214 Å². The normalized spacial score (nSPS) is 16.9. The van der Waals surface area contributed by atoms with Crippen LogP contribution in [0.25, 0.3) is 0 Å². The standard InChI is InChI=1S/C29H38N4O3/c34-27(23-7-11-25(12-8-23)28(35)30-15-21-32-17-3-1-4-18-32)24-9-13-26(14-10-24)29(36)31-16-22-33-19-5-2-6-20-33/h7-14H,1-6,15-22H2,(H,30,35)(H,31,36). The maximum absolute atomic E-state index is 12.9. The summed E-state index contributed by atoms with van der Waals surface area (Å²) in [5, 5.41) is 5.94. The largest absolute Gasteiger partial charge is 0.351 e. The molecule has 2 N–H and O–H groups in total. The van der Waals surface area contributed by atoms with Gasteiger partial charge in [-0.2, -0.15) is 0 Å². The summed E-state index contributed by atoms with van der Waals surface area (Å²) >= 11 is 0. The number of rotatable bonds is 10. The average Bonchev–Trinajstić information content (AvgIpc) is 2.94. The Balaban J connectivity index is 1.23. The van der Waals surface area contributed by atoms with Crippen molar-refractivity contribution >= 4 is 17.6 Å². The highest BCUT2D eigenvalue weighted by Crippen LogP contribution is 2.13. The molecule has 2 aliphatic heterocycles. The van der Waals surface area contributed by atoms with Crippen LogP contribution >= 0.6 is 0 Å². The van der Waals surface area contributed by atoms with Gasteiger partial charge in [0.25, 0.3) is 11.8 Å². The fourth-order valence-electron chi connectivity index (χ4n) is 4.94. The molecule has 2 heterocycles. The second kappa shape index (κ2) is 13.3. The van der Waals surface area contributed by atoms with Crippen molar-refractivity contribution in [2.45, 2.75) is 38.5 Å². The van der Waals surface area contributed by atoms with E-state index in [2.05, 4.69) is 20.4 Å². The minimum atomic E-state index is -0.135. The van der Waals surface area contributed by atoms with Crippen molar-refractivity contribution < 1.29 is 14.4 Å². The number of amides is 2. The van der Waals surface area contributed by atoms with E-state index in [1.54, 1.807) is 48.5 Å². The Kier molecular flexibility index (Phi) is 9.64. The summed E-state index contributed by atoms with van der Waals surface area (Å²) in [6.45, 7) is 7.42. The highest BCUT2D eigenvalue weighted by atomic mass is 16.2. The molecule has 0 aromatic heterocycles. The lowest BCUT2D eigenvalue weighted by Gasteiger charge is -2.26. The number of nitrogens with one attached hydrogen (secondary N) is 2. The molecule has 4 rings (SSSR count). The second-order valence-corrected chi connectivity index (χ2v) is 9.80. The van der Waals surface area contributed by atoms with Crippen LogP contribution in [0.3, 0.4) is 0 Å². The molecule has 2 saturated heterocycles. The van der Waals surface area contributed by atoms with Crippen LogP contribution in [0.15, 0.2) is 48.5 Å². The molecular weight excluding hydrogens is 452 g/mol. The van der Waals surface area contributed by atoms with E-state index >= 15 is 0 Å². The molecular formula is C29H38N4O3. The quantitative estimate of drug-likeness (QED) is 0.499. The predicted octanol–water partition coefficient (Wildman–Crippen LogP) is 3.35. The Hall–Kier alpha value is -3.03. The molecule has 2 aromatic rings. The van der Waals surface area contributed by atoms with E-state index in [9.17, 15) is 14.4 Å². The first-order valence-corrected chi connectivity index (χ1v) is 13.4. The minimum Gasteiger partial charge on any atom is -0.351 e. The van der Waals surface area contributed by atoms with Gasteiger partial charge in [0, 0.05) is 48.4 Å². The summed E-state index contributed by atoms with van der Waals surface area (Å²) < 4.78 is 0. The first-order chi connectivity index (χ1) is 17.6. The average molecular weight is 491 g/mol. The van der Waals surface area contributed by atoms with Crippen molar-refractivity contribution in [3.8, 4) is 0 Å². The zero-order chi connectivity index (χ0) is 25.2. The van der Waals surface area contributed by atoms with Gasteiger partial charge in [0.1, 0.15) is 0 Å². The number of nitrogens with zero attached hydrogens (tertiary/aromatic N) is 2. The lowest BCUT2D eigenvalue weighted by Crippen LogP contribution is -2.37.